The molecule has 0 nitrogen and oxygen atoms in total. The van der Waals surface area contributed by atoms with E-state index in [0.29, 0.717) is 0 Å². The van der Waals surface area contributed by atoms with Crippen LogP contribution in [0.1, 0.15) is 0 Å². The van der Waals surface area contributed by atoms with Crippen molar-refractivity contribution >= 4 is 48.8 Å². The average Bonchev–Trinajstić information content (AvgIpc) is 1.77. The Kier molecular flexibility index (Phi) is 13.0. The molecule has 46 valence electrons. The second-order valence-corrected chi connectivity index (χ2v) is 4.82. The van der Waals surface area contributed by atoms with Gasteiger partial charge in [0.1, 0.15) is 0 Å². The van der Waals surface area contributed by atoms with Crippen LogP contribution in [0.3, 0.4) is 0 Å². The number of rotatable bonds is 0. The first-order chi connectivity index (χ1) is 3.80. The van der Waals surface area contributed by atoms with Gasteiger partial charge < -0.3 is 25.3 Å². The minimum absolute atomic E-state index is 0. The predicted octanol–water partition coefficient (Wildman–Crippen LogP) is -4.31. The van der Waals surface area contributed by atoms with Crippen molar-refractivity contribution in [1.82, 2.24) is 0 Å². The van der Waals surface area contributed by atoms with E-state index < -0.39 is 0 Å². The second-order valence-electron chi connectivity index (χ2n) is 1.27. The fourth-order valence-corrected chi connectivity index (χ4v) is 2.87. The van der Waals surface area contributed by atoms with E-state index >= 15 is 0 Å². The van der Waals surface area contributed by atoms with E-state index in [9.17, 15) is 0 Å². The normalized spacial score (nSPS) is 17.2. The summed E-state index contributed by atoms with van der Waals surface area (Å²) < 4.78 is 1.83. The fraction of sp³-hybridized carbons (Fsp3) is 0.500. The van der Waals surface area contributed by atoms with E-state index in [0.717, 1.165) is 20.0 Å². The first-order valence-electron chi connectivity index (χ1n) is 2.14. The van der Waals surface area contributed by atoms with Crippen molar-refractivity contribution in [2.45, 2.75) is 0 Å². The Bertz CT molecular complexity index is 110. The second kappa shape index (κ2) is 8.48. The predicted molar refractivity (Wildman–Crippen MR) is 46.7 cm³/mol. The van der Waals surface area contributed by atoms with Crippen LogP contribution < -0.4 is 59.1 Å². The molecule has 0 aliphatic carbocycles. The van der Waals surface area contributed by atoms with Gasteiger partial charge in [0, 0.05) is 11.5 Å². The molecular formula is C4H4Na2S4. The molecule has 0 radical (unpaired) electrons. The van der Waals surface area contributed by atoms with Crippen molar-refractivity contribution in [3.05, 3.63) is 8.47 Å². The molecule has 0 saturated heterocycles. The molecule has 0 unspecified atom stereocenters. The Labute approximate surface area is 126 Å². The average molecular weight is 226 g/mol. The minimum atomic E-state index is 0. The van der Waals surface area contributed by atoms with Gasteiger partial charge in [-0.1, -0.05) is 0 Å². The summed E-state index contributed by atoms with van der Waals surface area (Å²) in [4.78, 5) is 0. The molecule has 0 aromatic rings. The Balaban J connectivity index is 0. The molecule has 0 aromatic heterocycles. The smallest absolute Gasteiger partial charge is 0.774 e. The summed E-state index contributed by atoms with van der Waals surface area (Å²) in [5, 5.41) is 0. The third-order valence-electron chi connectivity index (χ3n) is 0.716. The van der Waals surface area contributed by atoms with Gasteiger partial charge in [-0.05, 0) is 0 Å². The van der Waals surface area contributed by atoms with Crippen molar-refractivity contribution < 1.29 is 59.1 Å². The summed E-state index contributed by atoms with van der Waals surface area (Å²) in [6.07, 6.45) is 0. The molecule has 0 atom stereocenters. The molecule has 1 aliphatic rings. The molecule has 0 fully saturated rings. The van der Waals surface area contributed by atoms with Crippen LogP contribution in [-0.4, -0.2) is 11.5 Å². The van der Waals surface area contributed by atoms with Crippen molar-refractivity contribution in [3.63, 3.8) is 0 Å². The van der Waals surface area contributed by atoms with Gasteiger partial charge in [-0.2, -0.15) is 32.0 Å². The van der Waals surface area contributed by atoms with Crippen LogP contribution in [0.15, 0.2) is 8.47 Å². The van der Waals surface area contributed by atoms with Gasteiger partial charge in [-0.25, -0.2) is 0 Å². The SMILES string of the molecule is [Na+].[Na+].[S-]C1=C([S-])SCCS1. The zero-order valence-corrected chi connectivity index (χ0v) is 13.3. The molecule has 0 bridgehead atoms. The first-order valence-corrected chi connectivity index (χ1v) is 4.93. The van der Waals surface area contributed by atoms with Gasteiger partial charge in [0.05, 0.1) is 0 Å². The summed E-state index contributed by atoms with van der Waals surface area (Å²) in [6, 6.07) is 0. The maximum absolute atomic E-state index is 4.93. The van der Waals surface area contributed by atoms with Crippen LogP contribution in [0.25, 0.3) is 0 Å². The Morgan fingerprint density at radius 2 is 1.20 bits per heavy atom. The molecule has 0 spiro atoms. The molecule has 0 saturated carbocycles. The monoisotopic (exact) mass is 226 g/mol. The van der Waals surface area contributed by atoms with Crippen molar-refractivity contribution in [2.24, 2.45) is 0 Å². The molecule has 6 heteroatoms. The van der Waals surface area contributed by atoms with E-state index in [1.165, 1.54) is 0 Å². The largest absolute Gasteiger partial charge is 1.00 e. The number of thioether (sulfide) groups is 2. The molecule has 10 heavy (non-hydrogen) atoms. The van der Waals surface area contributed by atoms with Crippen LogP contribution in [-0.2, 0) is 25.3 Å². The maximum Gasteiger partial charge on any atom is 1.00 e. The van der Waals surface area contributed by atoms with Crippen LogP contribution in [0.4, 0.5) is 0 Å². The summed E-state index contributed by atoms with van der Waals surface area (Å²) >= 11 is 13.2. The summed E-state index contributed by atoms with van der Waals surface area (Å²) in [5.41, 5.74) is 0. The van der Waals surface area contributed by atoms with E-state index in [1.54, 1.807) is 23.5 Å². The first kappa shape index (κ1) is 15.4. The van der Waals surface area contributed by atoms with Crippen molar-refractivity contribution in [1.29, 1.82) is 0 Å². The summed E-state index contributed by atoms with van der Waals surface area (Å²) in [5.74, 6) is 2.26. The van der Waals surface area contributed by atoms with Gasteiger partial charge in [0.25, 0.3) is 0 Å². The summed E-state index contributed by atoms with van der Waals surface area (Å²) in [7, 11) is 0. The molecule has 1 rings (SSSR count). The molecule has 0 amide bonds. The minimum Gasteiger partial charge on any atom is -0.774 e. The van der Waals surface area contributed by atoms with Gasteiger partial charge in [0.2, 0.25) is 0 Å². The van der Waals surface area contributed by atoms with Crippen LogP contribution in [0.2, 0.25) is 0 Å². The summed E-state index contributed by atoms with van der Waals surface area (Å²) in [6.45, 7) is 0. The standard InChI is InChI=1S/C4H6S4.2Na/c5-3-4(6)8-2-1-7-3;;/h5-6H,1-2H2;;/q;2*+1/p-2. The van der Waals surface area contributed by atoms with Crippen LogP contribution >= 0.6 is 23.5 Å². The van der Waals surface area contributed by atoms with Gasteiger partial charge in [-0.3, -0.25) is 0 Å². The third kappa shape index (κ3) is 5.51. The van der Waals surface area contributed by atoms with E-state index in [1.807, 2.05) is 0 Å². The topological polar surface area (TPSA) is 0 Å². The Morgan fingerprint density at radius 1 is 0.900 bits per heavy atom. The van der Waals surface area contributed by atoms with E-state index in [-0.39, 0.29) is 59.1 Å². The van der Waals surface area contributed by atoms with Crippen molar-refractivity contribution in [3.8, 4) is 0 Å². The zero-order chi connectivity index (χ0) is 5.98. The zero-order valence-electron chi connectivity index (χ0n) is 6.05. The number of hydrogen-bond donors (Lipinski definition) is 0. The van der Waals surface area contributed by atoms with Crippen molar-refractivity contribution in [2.75, 3.05) is 11.5 Å². The van der Waals surface area contributed by atoms with E-state index in [4.69, 9.17) is 25.3 Å². The molecular weight excluding hydrogens is 222 g/mol. The van der Waals surface area contributed by atoms with Gasteiger partial charge in [-0.15, -0.1) is 0 Å². The Hall–Kier alpha value is 2.88. The quantitative estimate of drug-likeness (QED) is 0.303. The van der Waals surface area contributed by atoms with Crippen LogP contribution in [0, 0.1) is 0 Å². The van der Waals surface area contributed by atoms with E-state index in [2.05, 4.69) is 0 Å². The number of hydrogen-bond acceptors (Lipinski definition) is 4. The third-order valence-corrected chi connectivity index (χ3v) is 4.36. The molecule has 0 aromatic carbocycles. The van der Waals surface area contributed by atoms with Gasteiger partial charge in [0.15, 0.2) is 0 Å². The molecule has 0 N–H and O–H groups in total. The molecule has 1 heterocycles. The Morgan fingerprint density at radius 3 is 1.40 bits per heavy atom. The fourth-order valence-electron chi connectivity index (χ4n) is 0.387. The molecule has 1 aliphatic heterocycles. The van der Waals surface area contributed by atoms with Crippen LogP contribution in [0.5, 0.6) is 0 Å². The van der Waals surface area contributed by atoms with Gasteiger partial charge >= 0.3 is 59.1 Å². The maximum atomic E-state index is 4.93.